The number of aryl methyl sites for hydroxylation is 1. The molecule has 0 aliphatic carbocycles. The first-order chi connectivity index (χ1) is 8.11. The van der Waals surface area contributed by atoms with E-state index in [2.05, 4.69) is 0 Å². The van der Waals surface area contributed by atoms with E-state index in [9.17, 15) is 4.79 Å². The van der Waals surface area contributed by atoms with Gasteiger partial charge < -0.3 is 10.6 Å². The summed E-state index contributed by atoms with van der Waals surface area (Å²) in [5.41, 5.74) is 7.92. The van der Waals surface area contributed by atoms with Crippen LogP contribution in [0.4, 0.5) is 0 Å². The third-order valence-electron chi connectivity index (χ3n) is 3.50. The van der Waals surface area contributed by atoms with Gasteiger partial charge in [-0.2, -0.15) is 11.3 Å². The Kier molecular flexibility index (Phi) is 3.84. The maximum absolute atomic E-state index is 12.5. The molecule has 1 aliphatic heterocycles. The zero-order valence-corrected chi connectivity index (χ0v) is 11.3. The van der Waals surface area contributed by atoms with Crippen molar-refractivity contribution in [3.63, 3.8) is 0 Å². The molecule has 1 saturated heterocycles. The molecule has 3 nitrogen and oxygen atoms in total. The molecular formula is C13H20N2OS. The number of rotatable bonds is 2. The topological polar surface area (TPSA) is 46.3 Å². The summed E-state index contributed by atoms with van der Waals surface area (Å²) >= 11 is 1.59. The van der Waals surface area contributed by atoms with Crippen LogP contribution in [0.5, 0.6) is 0 Å². The van der Waals surface area contributed by atoms with Crippen LogP contribution in [0.1, 0.15) is 42.1 Å². The molecule has 0 saturated carbocycles. The van der Waals surface area contributed by atoms with Gasteiger partial charge in [-0.3, -0.25) is 4.79 Å². The summed E-state index contributed by atoms with van der Waals surface area (Å²) in [5, 5.41) is 3.97. The molecule has 0 bridgehead atoms. The van der Waals surface area contributed by atoms with Gasteiger partial charge in [0.15, 0.2) is 0 Å². The summed E-state index contributed by atoms with van der Waals surface area (Å²) in [4.78, 5) is 14.4. The molecule has 2 heterocycles. The van der Waals surface area contributed by atoms with Gasteiger partial charge in [-0.25, -0.2) is 0 Å². The third-order valence-corrected chi connectivity index (χ3v) is 4.36. The highest BCUT2D eigenvalue weighted by Gasteiger charge is 2.30. The van der Waals surface area contributed by atoms with Crippen molar-refractivity contribution in [3.8, 4) is 0 Å². The summed E-state index contributed by atoms with van der Waals surface area (Å²) in [7, 11) is 0. The quantitative estimate of drug-likeness (QED) is 0.878. The predicted octanol–water partition coefficient (Wildman–Crippen LogP) is 2.40. The number of carbonyl (C=O) groups excluding carboxylic acids is 1. The fourth-order valence-corrected chi connectivity index (χ4v) is 3.31. The molecule has 1 amide bonds. The van der Waals surface area contributed by atoms with Gasteiger partial charge in [0.1, 0.15) is 0 Å². The van der Waals surface area contributed by atoms with Gasteiger partial charge in [0.25, 0.3) is 5.91 Å². The number of nitrogens with zero attached hydrogens (tertiary/aromatic N) is 1. The fraction of sp³-hybridized carbons (Fsp3) is 0.615. The zero-order valence-electron chi connectivity index (χ0n) is 10.5. The Morgan fingerprint density at radius 3 is 2.88 bits per heavy atom. The molecule has 2 atom stereocenters. The Morgan fingerprint density at radius 2 is 2.29 bits per heavy atom. The maximum Gasteiger partial charge on any atom is 0.255 e. The van der Waals surface area contributed by atoms with Crippen LogP contribution in [0.3, 0.4) is 0 Å². The lowest BCUT2D eigenvalue weighted by Gasteiger charge is -2.38. The van der Waals surface area contributed by atoms with Crippen LogP contribution in [0, 0.1) is 6.92 Å². The van der Waals surface area contributed by atoms with Crippen LogP contribution < -0.4 is 5.73 Å². The van der Waals surface area contributed by atoms with Crippen LogP contribution >= 0.6 is 11.3 Å². The second-order valence-corrected chi connectivity index (χ2v) is 5.63. The van der Waals surface area contributed by atoms with Gasteiger partial charge in [0.2, 0.25) is 0 Å². The molecule has 4 heteroatoms. The van der Waals surface area contributed by atoms with Crippen molar-refractivity contribution in [1.82, 2.24) is 4.90 Å². The Bertz CT molecular complexity index is 400. The standard InChI is InChI=1S/C13H20N2OS/c1-9-7-17-8-11(9)13(16)15-6-4-3-5-12(15)10(2)14/h7-8,10,12H,3-6,14H2,1-2H3/t10-,12+/m1/s1. The zero-order chi connectivity index (χ0) is 12.4. The van der Waals surface area contributed by atoms with Crippen LogP contribution in [-0.2, 0) is 0 Å². The van der Waals surface area contributed by atoms with Crippen molar-refractivity contribution >= 4 is 17.2 Å². The number of hydrogen-bond acceptors (Lipinski definition) is 3. The molecular weight excluding hydrogens is 232 g/mol. The van der Waals surface area contributed by atoms with E-state index >= 15 is 0 Å². The second kappa shape index (κ2) is 5.19. The lowest BCUT2D eigenvalue weighted by Crippen LogP contribution is -2.51. The molecule has 1 aromatic heterocycles. The summed E-state index contributed by atoms with van der Waals surface area (Å²) in [6.07, 6.45) is 3.31. The molecule has 0 aromatic carbocycles. The van der Waals surface area contributed by atoms with Crippen molar-refractivity contribution in [3.05, 3.63) is 21.9 Å². The molecule has 94 valence electrons. The van der Waals surface area contributed by atoms with Gasteiger partial charge in [-0.15, -0.1) is 0 Å². The molecule has 2 N–H and O–H groups in total. The molecule has 1 fully saturated rings. The Hall–Kier alpha value is -0.870. The monoisotopic (exact) mass is 252 g/mol. The van der Waals surface area contributed by atoms with E-state index in [1.54, 1.807) is 11.3 Å². The van der Waals surface area contributed by atoms with E-state index in [1.807, 2.05) is 29.5 Å². The number of amides is 1. The van der Waals surface area contributed by atoms with Gasteiger partial charge in [-0.05, 0) is 44.1 Å². The highest BCUT2D eigenvalue weighted by atomic mass is 32.1. The average Bonchev–Trinajstić information content (AvgIpc) is 2.74. The minimum Gasteiger partial charge on any atom is -0.334 e. The number of carbonyl (C=O) groups is 1. The summed E-state index contributed by atoms with van der Waals surface area (Å²) in [5.74, 6) is 0.158. The highest BCUT2D eigenvalue weighted by Crippen LogP contribution is 2.24. The summed E-state index contributed by atoms with van der Waals surface area (Å²) < 4.78 is 0. The van der Waals surface area contributed by atoms with Gasteiger partial charge in [-0.1, -0.05) is 0 Å². The molecule has 17 heavy (non-hydrogen) atoms. The Labute approximate surface area is 107 Å². The normalized spacial score (nSPS) is 22.5. The number of piperidine rings is 1. The van der Waals surface area contributed by atoms with Crippen molar-refractivity contribution in [2.45, 2.75) is 45.2 Å². The number of thiophene rings is 1. The smallest absolute Gasteiger partial charge is 0.255 e. The van der Waals surface area contributed by atoms with Crippen molar-refractivity contribution in [1.29, 1.82) is 0 Å². The van der Waals surface area contributed by atoms with Gasteiger partial charge >= 0.3 is 0 Å². The third kappa shape index (κ3) is 2.53. The number of hydrogen-bond donors (Lipinski definition) is 1. The van der Waals surface area contributed by atoms with E-state index < -0.39 is 0 Å². The molecule has 1 aliphatic rings. The predicted molar refractivity (Wildman–Crippen MR) is 71.4 cm³/mol. The van der Waals surface area contributed by atoms with E-state index in [0.717, 1.165) is 30.5 Å². The summed E-state index contributed by atoms with van der Waals surface area (Å²) in [6.45, 7) is 4.84. The van der Waals surface area contributed by atoms with Crippen LogP contribution in [0.15, 0.2) is 10.8 Å². The van der Waals surface area contributed by atoms with E-state index in [1.165, 1.54) is 6.42 Å². The van der Waals surface area contributed by atoms with Crippen LogP contribution in [-0.4, -0.2) is 29.4 Å². The highest BCUT2D eigenvalue weighted by molar-refractivity contribution is 7.08. The largest absolute Gasteiger partial charge is 0.334 e. The molecule has 0 spiro atoms. The SMILES string of the molecule is Cc1cscc1C(=O)N1CCCC[C@H]1[C@@H](C)N. The number of nitrogens with two attached hydrogens (primary N) is 1. The lowest BCUT2D eigenvalue weighted by molar-refractivity contribution is 0.0583. The number of likely N-dealkylation sites (tertiary alicyclic amines) is 1. The maximum atomic E-state index is 12.5. The molecule has 0 radical (unpaired) electrons. The first-order valence-electron chi connectivity index (χ1n) is 6.20. The Morgan fingerprint density at radius 1 is 1.53 bits per heavy atom. The minimum atomic E-state index is 0.0539. The average molecular weight is 252 g/mol. The van der Waals surface area contributed by atoms with Crippen LogP contribution in [0.25, 0.3) is 0 Å². The second-order valence-electron chi connectivity index (χ2n) is 4.89. The first kappa shape index (κ1) is 12.6. The minimum absolute atomic E-state index is 0.0539. The fourth-order valence-electron chi connectivity index (χ4n) is 2.49. The van der Waals surface area contributed by atoms with Gasteiger partial charge in [0, 0.05) is 24.0 Å². The van der Waals surface area contributed by atoms with Crippen molar-refractivity contribution in [2.24, 2.45) is 5.73 Å². The molecule has 1 aromatic rings. The van der Waals surface area contributed by atoms with Gasteiger partial charge in [0.05, 0.1) is 5.56 Å². The van der Waals surface area contributed by atoms with E-state index in [0.29, 0.717) is 0 Å². The van der Waals surface area contributed by atoms with Crippen LogP contribution in [0.2, 0.25) is 0 Å². The summed E-state index contributed by atoms with van der Waals surface area (Å²) in [6, 6.07) is 0.258. The van der Waals surface area contributed by atoms with Crippen molar-refractivity contribution in [2.75, 3.05) is 6.54 Å². The van der Waals surface area contributed by atoms with E-state index in [4.69, 9.17) is 5.73 Å². The van der Waals surface area contributed by atoms with Crippen molar-refractivity contribution < 1.29 is 4.79 Å². The molecule has 0 unspecified atom stereocenters. The Balaban J connectivity index is 2.20. The lowest BCUT2D eigenvalue weighted by atomic mass is 9.96. The first-order valence-corrected chi connectivity index (χ1v) is 7.15. The van der Waals surface area contributed by atoms with E-state index in [-0.39, 0.29) is 18.0 Å². The molecule has 2 rings (SSSR count).